The number of likely N-dealkylation sites (tertiary alicyclic amines) is 1. The van der Waals surface area contributed by atoms with Crippen molar-refractivity contribution in [3.63, 3.8) is 0 Å². The zero-order chi connectivity index (χ0) is 18.0. The summed E-state index contributed by atoms with van der Waals surface area (Å²) in [5.41, 5.74) is 1.79. The number of hydrogen-bond acceptors (Lipinski definition) is 5. The molecule has 3 rings (SSSR count). The highest BCUT2D eigenvalue weighted by Crippen LogP contribution is 2.40. The van der Waals surface area contributed by atoms with E-state index in [2.05, 4.69) is 10.2 Å². The number of carbonyl (C=O) groups is 1. The lowest BCUT2D eigenvalue weighted by Gasteiger charge is -2.21. The summed E-state index contributed by atoms with van der Waals surface area (Å²) < 4.78 is 38.1. The van der Waals surface area contributed by atoms with Gasteiger partial charge in [-0.05, 0) is 12.5 Å². The van der Waals surface area contributed by atoms with E-state index in [9.17, 15) is 13.6 Å². The van der Waals surface area contributed by atoms with E-state index < -0.39 is 24.9 Å². The third-order valence-corrected chi connectivity index (χ3v) is 4.06. The Morgan fingerprint density at radius 3 is 2.96 bits per heavy atom. The van der Waals surface area contributed by atoms with Crippen LogP contribution in [0.15, 0.2) is 28.7 Å². The van der Waals surface area contributed by atoms with Gasteiger partial charge in [0.1, 0.15) is 12.6 Å². The van der Waals surface area contributed by atoms with E-state index in [0.29, 0.717) is 0 Å². The Bertz CT molecular complexity index is 763. The third-order valence-electron chi connectivity index (χ3n) is 4.06. The van der Waals surface area contributed by atoms with Crippen LogP contribution in [0.1, 0.15) is 35.4 Å². The summed E-state index contributed by atoms with van der Waals surface area (Å²) in [6.45, 7) is 1.36. The van der Waals surface area contributed by atoms with Crippen molar-refractivity contribution in [3.8, 4) is 0 Å². The number of alkyl halides is 2. The molecule has 0 bridgehead atoms. The highest BCUT2D eigenvalue weighted by atomic mass is 19.3. The van der Waals surface area contributed by atoms with Gasteiger partial charge < -0.3 is 14.1 Å². The summed E-state index contributed by atoms with van der Waals surface area (Å²) in [5, 5.41) is 7.58. The number of halogens is 2. The van der Waals surface area contributed by atoms with Gasteiger partial charge in [0.05, 0.1) is 13.0 Å². The molecular formula is C17H19F2N3O3. The van der Waals surface area contributed by atoms with Gasteiger partial charge >= 0.3 is 0 Å². The zero-order valence-electron chi connectivity index (χ0n) is 14.0. The summed E-state index contributed by atoms with van der Waals surface area (Å²) in [4.78, 5) is 13.7. The van der Waals surface area contributed by atoms with Gasteiger partial charge in [0, 0.05) is 13.5 Å². The molecule has 0 spiro atoms. The van der Waals surface area contributed by atoms with Crippen LogP contribution in [-0.4, -0.2) is 40.6 Å². The van der Waals surface area contributed by atoms with Gasteiger partial charge in [-0.2, -0.15) is 0 Å². The molecule has 1 aromatic heterocycles. The average molecular weight is 351 g/mol. The molecule has 1 aliphatic rings. The highest BCUT2D eigenvalue weighted by Gasteiger charge is 2.49. The number of ether oxygens (including phenoxy) is 1. The Morgan fingerprint density at radius 1 is 1.44 bits per heavy atom. The Hall–Kier alpha value is -2.35. The van der Waals surface area contributed by atoms with Crippen LogP contribution >= 0.6 is 0 Å². The van der Waals surface area contributed by atoms with Gasteiger partial charge in [0.2, 0.25) is 17.7 Å². The summed E-state index contributed by atoms with van der Waals surface area (Å²) in [7, 11) is 1.46. The van der Waals surface area contributed by atoms with Crippen molar-refractivity contribution in [3.05, 3.63) is 47.2 Å². The largest absolute Gasteiger partial charge is 0.420 e. The molecule has 0 saturated carbocycles. The number of aryl methyl sites for hydroxylation is 1. The predicted molar refractivity (Wildman–Crippen MR) is 83.9 cm³/mol. The molecule has 134 valence electrons. The number of rotatable bonds is 5. The number of methoxy groups -OCH3 is 1. The van der Waals surface area contributed by atoms with E-state index >= 15 is 0 Å². The molecule has 25 heavy (non-hydrogen) atoms. The van der Waals surface area contributed by atoms with Crippen molar-refractivity contribution in [1.82, 2.24) is 15.1 Å². The second kappa shape index (κ2) is 6.87. The van der Waals surface area contributed by atoms with Gasteiger partial charge in [-0.3, -0.25) is 4.79 Å². The number of aromatic nitrogens is 2. The van der Waals surface area contributed by atoms with Gasteiger partial charge in [-0.15, -0.1) is 10.2 Å². The fraction of sp³-hybridized carbons (Fsp3) is 0.471. The first kappa shape index (κ1) is 17.5. The summed E-state index contributed by atoms with van der Waals surface area (Å²) >= 11 is 0. The molecule has 0 N–H and O–H groups in total. The molecule has 1 fully saturated rings. The molecule has 0 unspecified atom stereocenters. The molecule has 0 radical (unpaired) electrons. The van der Waals surface area contributed by atoms with Crippen molar-refractivity contribution in [2.75, 3.05) is 13.7 Å². The maximum absolute atomic E-state index is 13.9. The number of nitrogens with zero attached hydrogens (tertiary/aromatic N) is 3. The van der Waals surface area contributed by atoms with E-state index in [1.54, 1.807) is 6.07 Å². The lowest BCUT2D eigenvalue weighted by atomic mass is 10.1. The predicted octanol–water partition coefficient (Wildman–Crippen LogP) is 2.68. The number of hydrogen-bond donors (Lipinski definition) is 0. The molecule has 6 nitrogen and oxygen atoms in total. The standard InChI is InChI=1S/C17H19F2N3O3/c1-11-4-3-5-12(6-11)7-15(23)22-10-17(18,19)8-13(22)16-21-20-14(25-16)9-24-2/h3-6,13H,7-10H2,1-2H3/t13-/m0/s1. The number of carbonyl (C=O) groups excluding carboxylic acids is 1. The third kappa shape index (κ3) is 4.01. The topological polar surface area (TPSA) is 68.5 Å². The minimum Gasteiger partial charge on any atom is -0.420 e. The van der Waals surface area contributed by atoms with Crippen LogP contribution in [0.4, 0.5) is 8.78 Å². The van der Waals surface area contributed by atoms with Crippen LogP contribution in [-0.2, 0) is 22.6 Å². The summed E-state index contributed by atoms with van der Waals surface area (Å²) in [6, 6.07) is 6.49. The van der Waals surface area contributed by atoms with Crippen molar-refractivity contribution < 1.29 is 22.7 Å². The second-order valence-corrected chi connectivity index (χ2v) is 6.23. The zero-order valence-corrected chi connectivity index (χ0v) is 14.0. The Kier molecular flexibility index (Phi) is 4.80. The molecule has 2 aromatic rings. The normalized spacial score (nSPS) is 19.4. The van der Waals surface area contributed by atoms with E-state index in [0.717, 1.165) is 16.0 Å². The Labute approximate surface area is 143 Å². The minimum absolute atomic E-state index is 0.0156. The second-order valence-electron chi connectivity index (χ2n) is 6.23. The van der Waals surface area contributed by atoms with Crippen molar-refractivity contribution >= 4 is 5.91 Å². The van der Waals surface area contributed by atoms with Gasteiger partial charge in [-0.25, -0.2) is 8.78 Å². The molecule has 0 aliphatic carbocycles. The maximum atomic E-state index is 13.9. The average Bonchev–Trinajstić information content (AvgIpc) is 3.11. The van der Waals surface area contributed by atoms with E-state index in [1.165, 1.54) is 7.11 Å². The monoisotopic (exact) mass is 351 g/mol. The Morgan fingerprint density at radius 2 is 2.24 bits per heavy atom. The first-order chi connectivity index (χ1) is 11.9. The van der Waals surface area contributed by atoms with Crippen LogP contribution < -0.4 is 0 Å². The molecule has 2 heterocycles. The first-order valence-electron chi connectivity index (χ1n) is 7.92. The molecule has 1 aromatic carbocycles. The maximum Gasteiger partial charge on any atom is 0.267 e. The lowest BCUT2D eigenvalue weighted by molar-refractivity contribution is -0.133. The smallest absolute Gasteiger partial charge is 0.267 e. The van der Waals surface area contributed by atoms with Gasteiger partial charge in [0.15, 0.2) is 0 Å². The molecule has 1 amide bonds. The quantitative estimate of drug-likeness (QED) is 0.828. The van der Waals surface area contributed by atoms with Crippen LogP contribution in [0.25, 0.3) is 0 Å². The summed E-state index contributed by atoms with van der Waals surface area (Å²) in [6.07, 6.45) is -0.478. The fourth-order valence-electron chi connectivity index (χ4n) is 2.98. The molecule has 1 atom stereocenters. The van der Waals surface area contributed by atoms with E-state index in [4.69, 9.17) is 9.15 Å². The van der Waals surface area contributed by atoms with E-state index in [-0.39, 0.29) is 30.7 Å². The van der Waals surface area contributed by atoms with Crippen LogP contribution in [0.5, 0.6) is 0 Å². The molecule has 1 aliphatic heterocycles. The minimum atomic E-state index is -2.98. The lowest BCUT2D eigenvalue weighted by Crippen LogP contribution is -2.34. The summed E-state index contributed by atoms with van der Waals surface area (Å²) in [5.74, 6) is -3.16. The molecular weight excluding hydrogens is 332 g/mol. The van der Waals surface area contributed by atoms with Crippen LogP contribution in [0.2, 0.25) is 0 Å². The van der Waals surface area contributed by atoms with Crippen molar-refractivity contribution in [1.29, 1.82) is 0 Å². The van der Waals surface area contributed by atoms with Gasteiger partial charge in [0.25, 0.3) is 5.92 Å². The Balaban J connectivity index is 1.80. The van der Waals surface area contributed by atoms with Crippen molar-refractivity contribution in [2.45, 2.75) is 38.3 Å². The SMILES string of the molecule is COCc1nnc([C@@H]2CC(F)(F)CN2C(=O)Cc2cccc(C)c2)o1. The highest BCUT2D eigenvalue weighted by molar-refractivity contribution is 5.79. The van der Waals surface area contributed by atoms with Crippen molar-refractivity contribution in [2.24, 2.45) is 0 Å². The number of benzene rings is 1. The first-order valence-corrected chi connectivity index (χ1v) is 7.92. The van der Waals surface area contributed by atoms with Crippen LogP contribution in [0, 0.1) is 6.92 Å². The van der Waals surface area contributed by atoms with Crippen LogP contribution in [0.3, 0.4) is 0 Å². The molecule has 1 saturated heterocycles. The fourth-order valence-corrected chi connectivity index (χ4v) is 2.98. The van der Waals surface area contributed by atoms with Gasteiger partial charge in [-0.1, -0.05) is 29.8 Å². The number of amides is 1. The van der Waals surface area contributed by atoms with E-state index in [1.807, 2.05) is 25.1 Å². The molecule has 8 heteroatoms.